The molecule has 1 aliphatic rings. The van der Waals surface area contributed by atoms with Crippen molar-refractivity contribution in [3.63, 3.8) is 0 Å². The van der Waals surface area contributed by atoms with Gasteiger partial charge in [-0.25, -0.2) is 0 Å². The Morgan fingerprint density at radius 1 is 1.47 bits per heavy atom. The quantitative estimate of drug-likeness (QED) is 0.876. The molecule has 1 N–H and O–H groups in total. The number of rotatable bonds is 2. The van der Waals surface area contributed by atoms with E-state index in [1.165, 1.54) is 11.3 Å². The minimum atomic E-state index is -0.807. The van der Waals surface area contributed by atoms with E-state index in [1.807, 2.05) is 19.9 Å². The second-order valence-corrected chi connectivity index (χ2v) is 5.68. The highest BCUT2D eigenvalue weighted by Crippen LogP contribution is 2.25. The lowest BCUT2D eigenvalue weighted by molar-refractivity contribution is -0.141. The number of likely N-dealkylation sites (tertiary alicyclic amines) is 1. The lowest BCUT2D eigenvalue weighted by Crippen LogP contribution is -2.29. The molecule has 1 saturated heterocycles. The number of carboxylic acid groups (broad SMARTS) is 1. The van der Waals surface area contributed by atoms with E-state index in [9.17, 15) is 9.59 Å². The predicted molar refractivity (Wildman–Crippen MR) is 65.4 cm³/mol. The molecule has 5 heteroatoms. The van der Waals surface area contributed by atoms with Gasteiger partial charge in [-0.2, -0.15) is 0 Å². The van der Waals surface area contributed by atoms with Crippen molar-refractivity contribution >= 4 is 23.2 Å². The lowest BCUT2D eigenvalue weighted by atomic mass is 10.1. The largest absolute Gasteiger partial charge is 0.481 e. The first-order valence-electron chi connectivity index (χ1n) is 5.58. The van der Waals surface area contributed by atoms with E-state index in [-0.39, 0.29) is 5.91 Å². The molecule has 1 unspecified atom stereocenters. The monoisotopic (exact) mass is 253 g/mol. The summed E-state index contributed by atoms with van der Waals surface area (Å²) in [5.74, 6) is -1.24. The number of amides is 1. The van der Waals surface area contributed by atoms with E-state index < -0.39 is 11.9 Å². The van der Waals surface area contributed by atoms with Gasteiger partial charge in [-0.05, 0) is 31.9 Å². The van der Waals surface area contributed by atoms with Crippen molar-refractivity contribution in [2.75, 3.05) is 13.1 Å². The van der Waals surface area contributed by atoms with Crippen LogP contribution in [0.15, 0.2) is 6.07 Å². The number of thiophene rings is 1. The van der Waals surface area contributed by atoms with Crippen molar-refractivity contribution < 1.29 is 14.7 Å². The molecule has 2 rings (SSSR count). The summed E-state index contributed by atoms with van der Waals surface area (Å²) in [6, 6.07) is 1.89. The van der Waals surface area contributed by atoms with Gasteiger partial charge >= 0.3 is 5.97 Å². The van der Waals surface area contributed by atoms with Crippen molar-refractivity contribution in [2.24, 2.45) is 5.92 Å². The molecule has 92 valence electrons. The second-order valence-electron chi connectivity index (χ2n) is 4.42. The summed E-state index contributed by atoms with van der Waals surface area (Å²) in [4.78, 5) is 26.5. The Balaban J connectivity index is 2.09. The Morgan fingerprint density at radius 2 is 2.18 bits per heavy atom. The van der Waals surface area contributed by atoms with Crippen LogP contribution in [0.25, 0.3) is 0 Å². The van der Waals surface area contributed by atoms with Crippen LogP contribution in [0.1, 0.15) is 26.5 Å². The van der Waals surface area contributed by atoms with E-state index >= 15 is 0 Å². The maximum absolute atomic E-state index is 12.1. The summed E-state index contributed by atoms with van der Waals surface area (Å²) in [7, 11) is 0. The first kappa shape index (κ1) is 12.1. The zero-order valence-electron chi connectivity index (χ0n) is 9.90. The number of aliphatic carboxylic acids is 1. The van der Waals surface area contributed by atoms with Crippen LogP contribution >= 0.6 is 11.3 Å². The van der Waals surface area contributed by atoms with E-state index in [2.05, 4.69) is 0 Å². The summed E-state index contributed by atoms with van der Waals surface area (Å²) in [5, 5.41) is 8.90. The Hall–Kier alpha value is -1.36. The Kier molecular flexibility index (Phi) is 3.19. The molecule has 17 heavy (non-hydrogen) atoms. The van der Waals surface area contributed by atoms with Crippen molar-refractivity contribution in [3.05, 3.63) is 21.4 Å². The van der Waals surface area contributed by atoms with Gasteiger partial charge in [-0.3, -0.25) is 9.59 Å². The normalized spacial score (nSPS) is 19.6. The number of hydrogen-bond donors (Lipinski definition) is 1. The Bertz CT molecular complexity index is 447. The SMILES string of the molecule is Cc1cc(C(=O)N2CCC(C(=O)O)C2)sc1C. The van der Waals surface area contributed by atoms with Gasteiger partial charge in [0.25, 0.3) is 5.91 Å². The summed E-state index contributed by atoms with van der Waals surface area (Å²) in [5.41, 5.74) is 1.12. The van der Waals surface area contributed by atoms with E-state index in [4.69, 9.17) is 5.11 Å². The molecule has 0 bridgehead atoms. The number of hydrogen-bond acceptors (Lipinski definition) is 3. The summed E-state index contributed by atoms with van der Waals surface area (Å²) < 4.78 is 0. The van der Waals surface area contributed by atoms with Crippen LogP contribution in [0.2, 0.25) is 0 Å². The molecule has 0 saturated carbocycles. The van der Waals surface area contributed by atoms with Gasteiger partial charge in [-0.15, -0.1) is 11.3 Å². The first-order valence-corrected chi connectivity index (χ1v) is 6.40. The third-order valence-electron chi connectivity index (χ3n) is 3.20. The fraction of sp³-hybridized carbons (Fsp3) is 0.500. The zero-order valence-corrected chi connectivity index (χ0v) is 10.7. The van der Waals surface area contributed by atoms with Crippen molar-refractivity contribution in [3.8, 4) is 0 Å². The van der Waals surface area contributed by atoms with Crippen LogP contribution in [-0.2, 0) is 4.79 Å². The molecule has 1 fully saturated rings. The molecule has 0 aliphatic carbocycles. The van der Waals surface area contributed by atoms with Gasteiger partial charge in [0.05, 0.1) is 10.8 Å². The van der Waals surface area contributed by atoms with Gasteiger partial charge in [0.1, 0.15) is 0 Å². The van der Waals surface area contributed by atoms with Gasteiger partial charge in [0.2, 0.25) is 0 Å². The van der Waals surface area contributed by atoms with E-state index in [0.717, 1.165) is 10.4 Å². The summed E-state index contributed by atoms with van der Waals surface area (Å²) in [6.07, 6.45) is 0.560. The highest BCUT2D eigenvalue weighted by Gasteiger charge is 2.31. The van der Waals surface area contributed by atoms with Crippen LogP contribution in [0.4, 0.5) is 0 Å². The van der Waals surface area contributed by atoms with E-state index in [0.29, 0.717) is 24.4 Å². The minimum absolute atomic E-state index is 0.0325. The molecule has 0 aromatic carbocycles. The topological polar surface area (TPSA) is 57.6 Å². The highest BCUT2D eigenvalue weighted by molar-refractivity contribution is 7.14. The molecule has 1 aromatic rings. The number of carbonyl (C=O) groups is 2. The average Bonchev–Trinajstić information content (AvgIpc) is 2.86. The molecular formula is C12H15NO3S. The molecule has 0 spiro atoms. The summed E-state index contributed by atoms with van der Waals surface area (Å²) >= 11 is 1.48. The van der Waals surface area contributed by atoms with E-state index in [1.54, 1.807) is 4.90 Å². The van der Waals surface area contributed by atoms with Crippen LogP contribution in [0.5, 0.6) is 0 Å². The number of carbonyl (C=O) groups excluding carboxylic acids is 1. The molecule has 4 nitrogen and oxygen atoms in total. The number of nitrogens with zero attached hydrogens (tertiary/aromatic N) is 1. The minimum Gasteiger partial charge on any atom is -0.481 e. The Labute approximate surface area is 104 Å². The highest BCUT2D eigenvalue weighted by atomic mass is 32.1. The average molecular weight is 253 g/mol. The second kappa shape index (κ2) is 4.49. The smallest absolute Gasteiger partial charge is 0.308 e. The molecule has 1 atom stereocenters. The number of carboxylic acids is 1. The van der Waals surface area contributed by atoms with Crippen LogP contribution in [0.3, 0.4) is 0 Å². The molecular weight excluding hydrogens is 238 g/mol. The van der Waals surface area contributed by atoms with Crippen molar-refractivity contribution in [1.82, 2.24) is 4.90 Å². The molecule has 1 aromatic heterocycles. The van der Waals surface area contributed by atoms with Gasteiger partial charge in [0, 0.05) is 18.0 Å². The fourth-order valence-electron chi connectivity index (χ4n) is 1.98. The fourth-order valence-corrected chi connectivity index (χ4v) is 2.98. The Morgan fingerprint density at radius 3 is 2.65 bits per heavy atom. The predicted octanol–water partition coefficient (Wildman–Crippen LogP) is 1.91. The van der Waals surface area contributed by atoms with Crippen molar-refractivity contribution in [1.29, 1.82) is 0 Å². The third-order valence-corrected chi connectivity index (χ3v) is 4.34. The van der Waals surface area contributed by atoms with Gasteiger partial charge in [-0.1, -0.05) is 0 Å². The summed E-state index contributed by atoms with van der Waals surface area (Å²) in [6.45, 7) is 4.85. The molecule has 1 aliphatic heterocycles. The van der Waals surface area contributed by atoms with Gasteiger partial charge < -0.3 is 10.0 Å². The maximum Gasteiger partial charge on any atom is 0.308 e. The van der Waals surface area contributed by atoms with Gasteiger partial charge in [0.15, 0.2) is 0 Å². The van der Waals surface area contributed by atoms with Crippen LogP contribution in [0, 0.1) is 19.8 Å². The molecule has 0 radical (unpaired) electrons. The standard InChI is InChI=1S/C12H15NO3S/c1-7-5-10(17-8(7)2)11(14)13-4-3-9(6-13)12(15)16/h5,9H,3-4,6H2,1-2H3,(H,15,16). The van der Waals surface area contributed by atoms with Crippen LogP contribution in [-0.4, -0.2) is 35.0 Å². The molecule has 1 amide bonds. The van der Waals surface area contributed by atoms with Crippen molar-refractivity contribution in [2.45, 2.75) is 20.3 Å². The first-order chi connectivity index (χ1) is 7.99. The zero-order chi connectivity index (χ0) is 12.6. The maximum atomic E-state index is 12.1. The third kappa shape index (κ3) is 2.34. The lowest BCUT2D eigenvalue weighted by Gasteiger charge is -2.14. The molecule has 2 heterocycles. The number of aryl methyl sites for hydroxylation is 2. The van der Waals surface area contributed by atoms with Crippen LogP contribution < -0.4 is 0 Å².